The van der Waals surface area contributed by atoms with E-state index in [-0.39, 0.29) is 6.09 Å². The topological polar surface area (TPSA) is 85.2 Å². The lowest BCUT2D eigenvalue weighted by atomic mass is 10.1. The highest BCUT2D eigenvalue weighted by molar-refractivity contribution is 5.89. The minimum Gasteiger partial charge on any atom is -0.449 e. The van der Waals surface area contributed by atoms with Gasteiger partial charge in [0.2, 0.25) is 0 Å². The Hall–Kier alpha value is -2.38. The second-order valence-corrected chi connectivity index (χ2v) is 7.42. The molecule has 0 bridgehead atoms. The van der Waals surface area contributed by atoms with E-state index in [0.29, 0.717) is 25.6 Å². The van der Waals surface area contributed by atoms with Crippen LogP contribution in [0.5, 0.6) is 0 Å². The van der Waals surface area contributed by atoms with Crippen LogP contribution in [0, 0.1) is 5.92 Å². The number of hydrogen-bond donors (Lipinski definition) is 1. The lowest BCUT2D eigenvalue weighted by molar-refractivity contribution is 0.0746. The molecule has 0 spiro atoms. The van der Waals surface area contributed by atoms with E-state index >= 15 is 0 Å². The number of ether oxygens (including phenoxy) is 1. The molecule has 1 aliphatic heterocycles. The number of anilines is 1. The highest BCUT2D eigenvalue weighted by Crippen LogP contribution is 2.25. The molecule has 8 heteroatoms. The number of aromatic nitrogens is 4. The Morgan fingerprint density at radius 2 is 2.15 bits per heavy atom. The number of nitrogens with one attached hydrogen (secondary N) is 1. The summed E-state index contributed by atoms with van der Waals surface area (Å²) >= 11 is 0. The summed E-state index contributed by atoms with van der Waals surface area (Å²) in [6.07, 6.45) is 5.31. The van der Waals surface area contributed by atoms with Crippen molar-refractivity contribution in [2.75, 3.05) is 31.6 Å². The molecule has 1 aliphatic rings. The van der Waals surface area contributed by atoms with Gasteiger partial charge >= 0.3 is 6.09 Å². The molecule has 0 saturated carbocycles. The van der Waals surface area contributed by atoms with E-state index in [0.717, 1.165) is 61.3 Å². The summed E-state index contributed by atoms with van der Waals surface area (Å²) in [5.74, 6) is 1.29. The van der Waals surface area contributed by atoms with Crippen molar-refractivity contribution in [1.29, 1.82) is 0 Å². The van der Waals surface area contributed by atoms with Gasteiger partial charge in [0.05, 0.1) is 17.7 Å². The zero-order chi connectivity index (χ0) is 19.2. The van der Waals surface area contributed by atoms with Gasteiger partial charge in [0.25, 0.3) is 0 Å². The number of unbranched alkanes of at least 4 members (excludes halogenated alkanes) is 1. The maximum atomic E-state index is 11.8. The fourth-order valence-electron chi connectivity index (χ4n) is 3.32. The molecular formula is C19H30N6O2. The zero-order valence-electron chi connectivity index (χ0n) is 16.6. The van der Waals surface area contributed by atoms with Crippen molar-refractivity contribution >= 4 is 22.9 Å². The molecule has 0 radical (unpaired) electrons. The van der Waals surface area contributed by atoms with Crippen molar-refractivity contribution in [3.8, 4) is 0 Å². The van der Waals surface area contributed by atoms with Gasteiger partial charge in [-0.2, -0.15) is 5.10 Å². The van der Waals surface area contributed by atoms with Gasteiger partial charge < -0.3 is 15.0 Å². The fourth-order valence-corrected chi connectivity index (χ4v) is 3.32. The number of cyclic esters (lactones) is 1. The number of fused-ring (bicyclic) bond motifs is 1. The summed E-state index contributed by atoms with van der Waals surface area (Å²) in [4.78, 5) is 22.5. The van der Waals surface area contributed by atoms with Crippen molar-refractivity contribution in [2.24, 2.45) is 5.92 Å². The Labute approximate surface area is 160 Å². The van der Waals surface area contributed by atoms with Crippen LogP contribution in [-0.2, 0) is 17.7 Å². The number of nitrogens with zero attached hydrogens (tertiary/aromatic N) is 5. The third-order valence-corrected chi connectivity index (χ3v) is 4.66. The Balaban J connectivity index is 1.79. The van der Waals surface area contributed by atoms with Crippen LogP contribution < -0.4 is 5.32 Å². The third-order valence-electron chi connectivity index (χ3n) is 4.66. The molecular weight excluding hydrogens is 344 g/mol. The molecule has 2 aromatic rings. The van der Waals surface area contributed by atoms with Gasteiger partial charge in [0.15, 0.2) is 5.65 Å². The van der Waals surface area contributed by atoms with E-state index in [9.17, 15) is 4.79 Å². The van der Waals surface area contributed by atoms with E-state index in [4.69, 9.17) is 9.84 Å². The highest BCUT2D eigenvalue weighted by Gasteiger charge is 2.20. The maximum absolute atomic E-state index is 11.8. The molecule has 1 saturated heterocycles. The maximum Gasteiger partial charge on any atom is 0.409 e. The Kier molecular flexibility index (Phi) is 6.47. The van der Waals surface area contributed by atoms with Crippen LogP contribution in [0.25, 0.3) is 11.0 Å². The molecule has 0 aromatic carbocycles. The fraction of sp³-hybridized carbons (Fsp3) is 0.684. The van der Waals surface area contributed by atoms with Gasteiger partial charge in [-0.1, -0.05) is 27.2 Å². The zero-order valence-corrected chi connectivity index (χ0v) is 16.6. The quantitative estimate of drug-likeness (QED) is 0.726. The summed E-state index contributed by atoms with van der Waals surface area (Å²) < 4.78 is 7.09. The average molecular weight is 374 g/mol. The van der Waals surface area contributed by atoms with Crippen LogP contribution >= 0.6 is 0 Å². The van der Waals surface area contributed by atoms with Gasteiger partial charge in [0, 0.05) is 26.2 Å². The first-order valence-corrected chi connectivity index (χ1v) is 9.96. The number of amides is 1. The first kappa shape index (κ1) is 19.4. The molecule has 1 amide bonds. The molecule has 1 fully saturated rings. The van der Waals surface area contributed by atoms with Crippen LogP contribution in [0.4, 0.5) is 10.6 Å². The van der Waals surface area contributed by atoms with Crippen LogP contribution in [0.1, 0.15) is 45.7 Å². The van der Waals surface area contributed by atoms with Gasteiger partial charge in [-0.25, -0.2) is 19.4 Å². The number of hydrogen-bond acceptors (Lipinski definition) is 6. The van der Waals surface area contributed by atoms with Crippen LogP contribution in [0.15, 0.2) is 6.33 Å². The lowest BCUT2D eigenvalue weighted by Crippen LogP contribution is -2.40. The Morgan fingerprint density at radius 1 is 1.30 bits per heavy atom. The predicted molar refractivity (Wildman–Crippen MR) is 105 cm³/mol. The summed E-state index contributed by atoms with van der Waals surface area (Å²) in [5, 5.41) is 9.22. The van der Waals surface area contributed by atoms with Gasteiger partial charge in [-0.05, 0) is 25.2 Å². The largest absolute Gasteiger partial charge is 0.449 e. The Bertz CT molecular complexity index is 773. The first-order valence-electron chi connectivity index (χ1n) is 9.96. The highest BCUT2D eigenvalue weighted by atomic mass is 16.6. The smallest absolute Gasteiger partial charge is 0.409 e. The summed E-state index contributed by atoms with van der Waals surface area (Å²) in [7, 11) is 0. The van der Waals surface area contributed by atoms with Crippen molar-refractivity contribution < 1.29 is 9.53 Å². The van der Waals surface area contributed by atoms with Gasteiger partial charge in [0.1, 0.15) is 12.1 Å². The number of aryl methyl sites for hydroxylation is 1. The summed E-state index contributed by atoms with van der Waals surface area (Å²) in [5.41, 5.74) is 1.92. The van der Waals surface area contributed by atoms with E-state index in [1.165, 1.54) is 0 Å². The second kappa shape index (κ2) is 9.01. The lowest BCUT2D eigenvalue weighted by Gasteiger charge is -2.26. The Morgan fingerprint density at radius 3 is 2.89 bits per heavy atom. The van der Waals surface area contributed by atoms with Crippen molar-refractivity contribution in [3.05, 3.63) is 12.0 Å². The SMILES string of the molecule is CCCCn1nc(CC(C)C)c2c(NCCN3CCCOC3=O)ncnc21. The average Bonchev–Trinajstić information content (AvgIpc) is 2.99. The van der Waals surface area contributed by atoms with E-state index in [2.05, 4.69) is 36.1 Å². The molecule has 8 nitrogen and oxygen atoms in total. The van der Waals surface area contributed by atoms with Crippen molar-refractivity contribution in [1.82, 2.24) is 24.6 Å². The van der Waals surface area contributed by atoms with Crippen LogP contribution in [-0.4, -0.2) is 57.0 Å². The van der Waals surface area contributed by atoms with Crippen molar-refractivity contribution in [3.63, 3.8) is 0 Å². The van der Waals surface area contributed by atoms with E-state index < -0.39 is 0 Å². The third kappa shape index (κ3) is 4.67. The predicted octanol–water partition coefficient (Wildman–Crippen LogP) is 3.08. The molecule has 3 rings (SSSR count). The summed E-state index contributed by atoms with van der Waals surface area (Å²) in [6, 6.07) is 0. The number of carbonyl (C=O) groups is 1. The molecule has 27 heavy (non-hydrogen) atoms. The standard InChI is InChI=1S/C19H30N6O2/c1-4-5-9-25-18-16(15(23-25)12-14(2)3)17(21-13-22-18)20-7-10-24-8-6-11-27-19(24)26/h13-14H,4-12H2,1-3H3,(H,20,21,22). The van der Waals surface area contributed by atoms with Crippen LogP contribution in [0.3, 0.4) is 0 Å². The molecule has 3 heterocycles. The number of rotatable bonds is 9. The molecule has 0 aliphatic carbocycles. The van der Waals surface area contributed by atoms with Gasteiger partial charge in [-0.15, -0.1) is 0 Å². The molecule has 2 aromatic heterocycles. The van der Waals surface area contributed by atoms with E-state index in [1.807, 2.05) is 4.68 Å². The normalized spacial score (nSPS) is 14.8. The molecule has 148 valence electrons. The van der Waals surface area contributed by atoms with Crippen LogP contribution in [0.2, 0.25) is 0 Å². The minimum atomic E-state index is -0.233. The number of carbonyl (C=O) groups excluding carboxylic acids is 1. The first-order chi connectivity index (χ1) is 13.1. The summed E-state index contributed by atoms with van der Waals surface area (Å²) in [6.45, 7) is 9.88. The molecule has 0 atom stereocenters. The second-order valence-electron chi connectivity index (χ2n) is 7.42. The minimum absolute atomic E-state index is 0.233. The monoisotopic (exact) mass is 374 g/mol. The molecule has 1 N–H and O–H groups in total. The molecule has 0 unspecified atom stereocenters. The van der Waals surface area contributed by atoms with Crippen molar-refractivity contribution in [2.45, 2.75) is 53.0 Å². The van der Waals surface area contributed by atoms with E-state index in [1.54, 1.807) is 11.2 Å². The van der Waals surface area contributed by atoms with Gasteiger partial charge in [-0.3, -0.25) is 0 Å².